The predicted octanol–water partition coefficient (Wildman–Crippen LogP) is 5.20. The van der Waals surface area contributed by atoms with Gasteiger partial charge in [0.15, 0.2) is 6.29 Å². The van der Waals surface area contributed by atoms with Gasteiger partial charge in [-0.1, -0.05) is 58.0 Å². The number of hydrogen-bond donors (Lipinski definition) is 2. The van der Waals surface area contributed by atoms with Crippen LogP contribution in [0.15, 0.2) is 54.7 Å². The largest absolute Gasteiger partial charge is 0.379 e. The molecule has 2 N–H and O–H groups in total. The van der Waals surface area contributed by atoms with Gasteiger partial charge in [0.25, 0.3) is 0 Å². The Morgan fingerprint density at radius 1 is 1.07 bits per heavy atom. The summed E-state index contributed by atoms with van der Waals surface area (Å²) in [4.78, 5) is 13.9. The summed E-state index contributed by atoms with van der Waals surface area (Å²) in [5.41, 5.74) is 5.00. The molecule has 0 radical (unpaired) electrons. The maximum absolute atomic E-state index is 11.8. The van der Waals surface area contributed by atoms with Crippen LogP contribution < -0.4 is 10.6 Å². The van der Waals surface area contributed by atoms with Gasteiger partial charge in [0.2, 0.25) is 0 Å². The van der Waals surface area contributed by atoms with Crippen LogP contribution in [0.1, 0.15) is 45.2 Å². The molecular formula is C25H35N3O. The molecule has 0 amide bonds. The fraction of sp³-hybridized carbons (Fsp3) is 0.400. The van der Waals surface area contributed by atoms with Crippen molar-refractivity contribution >= 4 is 23.2 Å². The highest BCUT2D eigenvalue weighted by atomic mass is 16.1. The van der Waals surface area contributed by atoms with Gasteiger partial charge in [-0.3, -0.25) is 4.79 Å². The Labute approximate surface area is 176 Å². The Kier molecular flexibility index (Phi) is 8.47. The third-order valence-electron chi connectivity index (χ3n) is 5.45. The fourth-order valence-electron chi connectivity index (χ4n) is 3.11. The van der Waals surface area contributed by atoms with Gasteiger partial charge in [-0.15, -0.1) is 0 Å². The number of carbonyl (C=O) groups excluding carboxylic acids is 1. The summed E-state index contributed by atoms with van der Waals surface area (Å²) in [5, 5.41) is 6.78. The number of benzene rings is 2. The molecule has 0 atom stereocenters. The molecule has 0 saturated carbocycles. The van der Waals surface area contributed by atoms with Crippen LogP contribution in [-0.2, 0) is 10.2 Å². The standard InChI is InChI=1S/C25H35N3O/c1-6-25(3,4)21-12-14-22(15-13-21)27-24-11-9-8-10-23(24)20(19-29)18-28(5)17-16-26-7-2/h8-15,18-19,26-27H,6-7,16-17H2,1-5H3/b20-18+. The van der Waals surface area contributed by atoms with E-state index < -0.39 is 0 Å². The number of likely N-dealkylation sites (N-methyl/N-ethyl adjacent to an activating group) is 2. The minimum absolute atomic E-state index is 0.168. The minimum atomic E-state index is 0.168. The zero-order chi connectivity index (χ0) is 21.3. The summed E-state index contributed by atoms with van der Waals surface area (Å²) >= 11 is 0. The number of para-hydroxylation sites is 1. The van der Waals surface area contributed by atoms with Crippen LogP contribution in [0.4, 0.5) is 11.4 Å². The van der Waals surface area contributed by atoms with Gasteiger partial charge in [0.05, 0.1) is 0 Å². The molecule has 29 heavy (non-hydrogen) atoms. The Hall–Kier alpha value is -2.59. The van der Waals surface area contributed by atoms with Crippen molar-refractivity contribution in [3.8, 4) is 0 Å². The average molecular weight is 394 g/mol. The van der Waals surface area contributed by atoms with Crippen molar-refractivity contribution in [3.05, 3.63) is 65.9 Å². The molecule has 0 heterocycles. The summed E-state index contributed by atoms with van der Waals surface area (Å²) in [6, 6.07) is 16.5. The van der Waals surface area contributed by atoms with E-state index in [9.17, 15) is 4.79 Å². The number of carbonyl (C=O) groups is 1. The molecule has 2 aromatic rings. The van der Waals surface area contributed by atoms with Crippen LogP contribution in [0.25, 0.3) is 5.57 Å². The molecule has 0 fully saturated rings. The van der Waals surface area contributed by atoms with E-state index in [0.717, 1.165) is 49.3 Å². The lowest BCUT2D eigenvalue weighted by Gasteiger charge is -2.23. The van der Waals surface area contributed by atoms with E-state index in [1.54, 1.807) is 0 Å². The normalized spacial score (nSPS) is 12.0. The summed E-state index contributed by atoms with van der Waals surface area (Å²) in [6.45, 7) is 11.5. The van der Waals surface area contributed by atoms with E-state index in [1.165, 1.54) is 5.56 Å². The summed E-state index contributed by atoms with van der Waals surface area (Å²) in [7, 11) is 1.99. The molecular weight excluding hydrogens is 358 g/mol. The predicted molar refractivity (Wildman–Crippen MR) is 125 cm³/mol. The Bertz CT molecular complexity index is 809. The van der Waals surface area contributed by atoms with E-state index in [-0.39, 0.29) is 5.41 Å². The first-order chi connectivity index (χ1) is 13.9. The first-order valence-electron chi connectivity index (χ1n) is 10.5. The minimum Gasteiger partial charge on any atom is -0.379 e. The molecule has 0 aliphatic rings. The molecule has 2 rings (SSSR count). The molecule has 4 nitrogen and oxygen atoms in total. The Balaban J connectivity index is 2.22. The first-order valence-corrected chi connectivity index (χ1v) is 10.5. The van der Waals surface area contributed by atoms with E-state index >= 15 is 0 Å². The van der Waals surface area contributed by atoms with Crippen LogP contribution in [0.3, 0.4) is 0 Å². The molecule has 0 saturated heterocycles. The number of nitrogens with one attached hydrogen (secondary N) is 2. The van der Waals surface area contributed by atoms with Gasteiger partial charge >= 0.3 is 0 Å². The van der Waals surface area contributed by atoms with Crippen LogP contribution in [0, 0.1) is 0 Å². The van der Waals surface area contributed by atoms with Crippen molar-refractivity contribution in [1.82, 2.24) is 10.2 Å². The second-order valence-electron chi connectivity index (χ2n) is 8.02. The van der Waals surface area contributed by atoms with Crippen LogP contribution in [-0.4, -0.2) is 37.9 Å². The van der Waals surface area contributed by atoms with Gasteiger partial charge in [0, 0.05) is 48.8 Å². The van der Waals surface area contributed by atoms with Crippen molar-refractivity contribution in [2.75, 3.05) is 32.0 Å². The molecule has 156 valence electrons. The third-order valence-corrected chi connectivity index (χ3v) is 5.45. The molecule has 0 aliphatic heterocycles. The van der Waals surface area contributed by atoms with Crippen molar-refractivity contribution < 1.29 is 4.79 Å². The average Bonchev–Trinajstić information content (AvgIpc) is 2.73. The van der Waals surface area contributed by atoms with E-state index in [4.69, 9.17) is 0 Å². The summed E-state index contributed by atoms with van der Waals surface area (Å²) in [6.07, 6.45) is 3.94. The van der Waals surface area contributed by atoms with Crippen molar-refractivity contribution in [3.63, 3.8) is 0 Å². The molecule has 2 aromatic carbocycles. The van der Waals surface area contributed by atoms with E-state index in [0.29, 0.717) is 5.57 Å². The van der Waals surface area contributed by atoms with Gasteiger partial charge in [0.1, 0.15) is 0 Å². The van der Waals surface area contributed by atoms with Gasteiger partial charge in [-0.2, -0.15) is 0 Å². The third kappa shape index (κ3) is 6.47. The summed E-state index contributed by atoms with van der Waals surface area (Å²) < 4.78 is 0. The van der Waals surface area contributed by atoms with Gasteiger partial charge < -0.3 is 15.5 Å². The van der Waals surface area contributed by atoms with E-state index in [2.05, 4.69) is 62.6 Å². The number of nitrogens with zero attached hydrogens (tertiary/aromatic N) is 1. The number of rotatable bonds is 11. The van der Waals surface area contributed by atoms with Crippen LogP contribution in [0.2, 0.25) is 0 Å². The summed E-state index contributed by atoms with van der Waals surface area (Å²) in [5.74, 6) is 0. The molecule has 4 heteroatoms. The molecule has 0 spiro atoms. The number of aldehydes is 1. The van der Waals surface area contributed by atoms with Crippen molar-refractivity contribution in [1.29, 1.82) is 0 Å². The second-order valence-corrected chi connectivity index (χ2v) is 8.02. The molecule has 0 unspecified atom stereocenters. The van der Waals surface area contributed by atoms with Crippen LogP contribution in [0.5, 0.6) is 0 Å². The fourth-order valence-corrected chi connectivity index (χ4v) is 3.11. The Morgan fingerprint density at radius 3 is 2.38 bits per heavy atom. The number of hydrogen-bond acceptors (Lipinski definition) is 4. The molecule has 0 aliphatic carbocycles. The SMILES string of the molecule is CCNCCN(C)/C=C(\C=O)c1ccccc1Nc1ccc(C(C)(C)CC)cc1. The van der Waals surface area contributed by atoms with Crippen LogP contribution >= 0.6 is 0 Å². The lowest BCUT2D eigenvalue weighted by atomic mass is 9.82. The van der Waals surface area contributed by atoms with E-state index in [1.807, 2.05) is 42.4 Å². The Morgan fingerprint density at radius 2 is 1.76 bits per heavy atom. The molecule has 0 aromatic heterocycles. The zero-order valence-electron chi connectivity index (χ0n) is 18.5. The second kappa shape index (κ2) is 10.8. The quantitative estimate of drug-likeness (QED) is 0.313. The zero-order valence-corrected chi connectivity index (χ0v) is 18.5. The smallest absolute Gasteiger partial charge is 0.152 e. The van der Waals surface area contributed by atoms with Crippen molar-refractivity contribution in [2.45, 2.75) is 39.5 Å². The topological polar surface area (TPSA) is 44.4 Å². The first kappa shape index (κ1) is 22.7. The highest BCUT2D eigenvalue weighted by Gasteiger charge is 2.17. The lowest BCUT2D eigenvalue weighted by molar-refractivity contribution is -0.103. The molecule has 0 bridgehead atoms. The van der Waals surface area contributed by atoms with Gasteiger partial charge in [-0.25, -0.2) is 0 Å². The van der Waals surface area contributed by atoms with Gasteiger partial charge in [-0.05, 0) is 42.1 Å². The maximum atomic E-state index is 11.8. The maximum Gasteiger partial charge on any atom is 0.152 e. The van der Waals surface area contributed by atoms with Crippen molar-refractivity contribution in [2.24, 2.45) is 0 Å². The highest BCUT2D eigenvalue weighted by Crippen LogP contribution is 2.30. The monoisotopic (exact) mass is 393 g/mol. The number of anilines is 2. The number of allylic oxidation sites excluding steroid dienone is 1. The highest BCUT2D eigenvalue weighted by molar-refractivity contribution is 6.09. The lowest BCUT2D eigenvalue weighted by Crippen LogP contribution is -2.26.